The molecule has 4 rings (SSSR count). The van der Waals surface area contributed by atoms with E-state index in [-0.39, 0.29) is 23.6 Å². The van der Waals surface area contributed by atoms with Gasteiger partial charge in [0.1, 0.15) is 34.6 Å². The second kappa shape index (κ2) is 11.5. The normalized spacial score (nSPS) is 23.9. The van der Waals surface area contributed by atoms with Crippen LogP contribution in [0.1, 0.15) is 85.7 Å². The zero-order valence-corrected chi connectivity index (χ0v) is 20.9. The zero-order chi connectivity index (χ0) is 27.6. The van der Waals surface area contributed by atoms with E-state index in [1.807, 2.05) is 6.92 Å². The fourth-order valence-electron chi connectivity index (χ4n) is 6.15. The van der Waals surface area contributed by atoms with Crippen molar-refractivity contribution in [2.45, 2.75) is 70.4 Å². The third-order valence-corrected chi connectivity index (χ3v) is 7.93. The summed E-state index contributed by atoms with van der Waals surface area (Å²) in [7, 11) is 0. The second-order valence-electron chi connectivity index (χ2n) is 10.4. The maximum atomic E-state index is 15.1. The molecular weight excluding hydrogens is 513 g/mol. The van der Waals surface area contributed by atoms with Crippen molar-refractivity contribution >= 4 is 5.97 Å². The van der Waals surface area contributed by atoms with Gasteiger partial charge in [-0.2, -0.15) is 13.2 Å². The van der Waals surface area contributed by atoms with E-state index in [1.54, 1.807) is 0 Å². The standard InChI is InChI=1S/C29H29F7O2/c1-2-3-4-5-16-6-7-18-11-19(9-8-17(18)10-16)26-22(30)12-20(13-23(26)31)28(37)38-21-14-24(32)27(25(33)15-21)29(34,35)36/h2-3,12-19H,4-11H2,1H3/b3-2+. The van der Waals surface area contributed by atoms with Gasteiger partial charge < -0.3 is 4.74 Å². The predicted molar refractivity (Wildman–Crippen MR) is 128 cm³/mol. The maximum Gasteiger partial charge on any atom is 0.422 e. The van der Waals surface area contributed by atoms with Crippen LogP contribution in [0.4, 0.5) is 30.7 Å². The van der Waals surface area contributed by atoms with E-state index in [2.05, 4.69) is 12.2 Å². The highest BCUT2D eigenvalue weighted by atomic mass is 19.4. The Morgan fingerprint density at radius 3 is 2.11 bits per heavy atom. The SMILES string of the molecule is C/C=C/CCC1CCC2CC(c3c(F)cc(C(=O)Oc4cc(F)c(C(F)(F)F)c(F)c4)cc3F)CCC2C1. The lowest BCUT2D eigenvalue weighted by Gasteiger charge is -2.42. The summed E-state index contributed by atoms with van der Waals surface area (Å²) < 4.78 is 101. The Balaban J connectivity index is 1.44. The third kappa shape index (κ3) is 6.24. The molecule has 2 aliphatic carbocycles. The number of fused-ring (bicyclic) bond motifs is 1. The molecule has 4 atom stereocenters. The van der Waals surface area contributed by atoms with Crippen molar-refractivity contribution in [2.75, 3.05) is 0 Å². The molecule has 2 fully saturated rings. The van der Waals surface area contributed by atoms with Gasteiger partial charge in [0.15, 0.2) is 0 Å². The molecule has 0 spiro atoms. The lowest BCUT2D eigenvalue weighted by Crippen LogP contribution is -2.31. The number of rotatable bonds is 6. The van der Waals surface area contributed by atoms with Crippen molar-refractivity contribution < 1.29 is 40.3 Å². The highest BCUT2D eigenvalue weighted by Crippen LogP contribution is 2.49. The van der Waals surface area contributed by atoms with Crippen LogP contribution < -0.4 is 4.74 Å². The Bertz CT molecular complexity index is 1160. The van der Waals surface area contributed by atoms with Crippen molar-refractivity contribution in [3.05, 3.63) is 76.4 Å². The molecule has 0 amide bonds. The summed E-state index contributed by atoms with van der Waals surface area (Å²) in [4.78, 5) is 12.4. The van der Waals surface area contributed by atoms with Crippen LogP contribution in [0, 0.1) is 41.0 Å². The minimum Gasteiger partial charge on any atom is -0.423 e. The van der Waals surface area contributed by atoms with Crippen molar-refractivity contribution in [3.63, 3.8) is 0 Å². The fraction of sp³-hybridized carbons (Fsp3) is 0.483. The van der Waals surface area contributed by atoms with Gasteiger partial charge in [0.2, 0.25) is 0 Å². The van der Waals surface area contributed by atoms with Gasteiger partial charge in [0, 0.05) is 17.7 Å². The number of alkyl halides is 3. The van der Waals surface area contributed by atoms with Crippen molar-refractivity contribution in [1.82, 2.24) is 0 Å². The smallest absolute Gasteiger partial charge is 0.422 e. The molecule has 0 aliphatic heterocycles. The quantitative estimate of drug-likeness (QED) is 0.157. The van der Waals surface area contributed by atoms with E-state index in [9.17, 15) is 26.7 Å². The minimum atomic E-state index is -5.29. The Morgan fingerprint density at radius 1 is 0.895 bits per heavy atom. The summed E-state index contributed by atoms with van der Waals surface area (Å²) in [6.07, 6.45) is 6.59. The molecule has 2 aromatic rings. The average molecular weight is 543 g/mol. The monoisotopic (exact) mass is 542 g/mol. The Kier molecular flexibility index (Phi) is 8.52. The van der Waals surface area contributed by atoms with Crippen molar-refractivity contribution in [3.8, 4) is 5.75 Å². The maximum absolute atomic E-state index is 15.1. The molecule has 2 saturated carbocycles. The van der Waals surface area contributed by atoms with Gasteiger partial charge >= 0.3 is 12.1 Å². The summed E-state index contributed by atoms with van der Waals surface area (Å²) >= 11 is 0. The molecule has 2 aromatic carbocycles. The van der Waals surface area contributed by atoms with Crippen molar-refractivity contribution in [2.24, 2.45) is 17.8 Å². The van der Waals surface area contributed by atoms with Crippen LogP contribution in [0.3, 0.4) is 0 Å². The largest absolute Gasteiger partial charge is 0.423 e. The zero-order valence-electron chi connectivity index (χ0n) is 20.9. The van der Waals surface area contributed by atoms with E-state index in [4.69, 9.17) is 4.74 Å². The number of esters is 1. The predicted octanol–water partition coefficient (Wildman–Crippen LogP) is 9.14. The van der Waals surface area contributed by atoms with Crippen LogP contribution in [0.2, 0.25) is 0 Å². The first-order valence-electron chi connectivity index (χ1n) is 12.9. The molecule has 9 heteroatoms. The van der Waals surface area contributed by atoms with Gasteiger partial charge in [0.05, 0.1) is 5.56 Å². The first-order chi connectivity index (χ1) is 18.0. The summed E-state index contributed by atoms with van der Waals surface area (Å²) in [6.45, 7) is 2.01. The Hall–Kier alpha value is -2.84. The molecular formula is C29H29F7O2. The molecule has 4 unspecified atom stereocenters. The van der Waals surface area contributed by atoms with Gasteiger partial charge in [-0.15, -0.1) is 0 Å². The molecule has 0 heterocycles. The number of halogens is 7. The molecule has 0 N–H and O–H groups in total. The third-order valence-electron chi connectivity index (χ3n) is 7.93. The number of allylic oxidation sites excluding steroid dienone is 2. The van der Waals surface area contributed by atoms with Gasteiger partial charge in [-0.25, -0.2) is 22.4 Å². The summed E-state index contributed by atoms with van der Waals surface area (Å²) in [5, 5.41) is 0. The van der Waals surface area contributed by atoms with Gasteiger partial charge in [-0.1, -0.05) is 18.6 Å². The van der Waals surface area contributed by atoms with Gasteiger partial charge in [-0.05, 0) is 87.7 Å². The number of hydrogen-bond acceptors (Lipinski definition) is 2. The molecule has 2 nitrogen and oxygen atoms in total. The highest BCUT2D eigenvalue weighted by Gasteiger charge is 2.39. The van der Waals surface area contributed by atoms with Crippen LogP contribution in [0.15, 0.2) is 36.4 Å². The number of hydrogen-bond donors (Lipinski definition) is 0. The average Bonchev–Trinajstić information content (AvgIpc) is 2.82. The van der Waals surface area contributed by atoms with Gasteiger partial charge in [0.25, 0.3) is 0 Å². The number of benzene rings is 2. The molecule has 206 valence electrons. The lowest BCUT2D eigenvalue weighted by molar-refractivity contribution is -0.142. The van der Waals surface area contributed by atoms with E-state index in [0.717, 1.165) is 50.7 Å². The molecule has 38 heavy (non-hydrogen) atoms. The van der Waals surface area contributed by atoms with E-state index in [0.29, 0.717) is 30.6 Å². The first-order valence-corrected chi connectivity index (χ1v) is 12.9. The van der Waals surface area contributed by atoms with Crippen LogP contribution in [0.5, 0.6) is 5.75 Å². The van der Waals surface area contributed by atoms with Crippen LogP contribution in [-0.2, 0) is 6.18 Å². The lowest BCUT2D eigenvalue weighted by atomic mass is 9.63. The summed E-state index contributed by atoms with van der Waals surface area (Å²) in [6, 6.07) is 1.97. The summed E-state index contributed by atoms with van der Waals surface area (Å²) in [5.41, 5.74) is -2.78. The van der Waals surface area contributed by atoms with Crippen molar-refractivity contribution in [1.29, 1.82) is 0 Å². The van der Waals surface area contributed by atoms with Crippen LogP contribution >= 0.6 is 0 Å². The van der Waals surface area contributed by atoms with E-state index < -0.39 is 52.3 Å². The highest BCUT2D eigenvalue weighted by molar-refractivity contribution is 5.91. The molecule has 0 bridgehead atoms. The molecule has 2 aliphatic rings. The number of carbonyl (C=O) groups excluding carboxylic acids is 1. The van der Waals surface area contributed by atoms with Crippen LogP contribution in [-0.4, -0.2) is 5.97 Å². The van der Waals surface area contributed by atoms with Crippen LogP contribution in [0.25, 0.3) is 0 Å². The molecule has 0 saturated heterocycles. The topological polar surface area (TPSA) is 26.3 Å². The van der Waals surface area contributed by atoms with E-state index in [1.165, 1.54) is 0 Å². The second-order valence-corrected chi connectivity index (χ2v) is 10.4. The fourth-order valence-corrected chi connectivity index (χ4v) is 6.15. The van der Waals surface area contributed by atoms with E-state index >= 15 is 8.78 Å². The molecule has 0 radical (unpaired) electrons. The number of carbonyl (C=O) groups is 1. The minimum absolute atomic E-state index is 0.0955. The van der Waals surface area contributed by atoms with Gasteiger partial charge in [-0.3, -0.25) is 0 Å². The molecule has 0 aromatic heterocycles. The Morgan fingerprint density at radius 2 is 1.50 bits per heavy atom. The number of ether oxygens (including phenoxy) is 1. The summed E-state index contributed by atoms with van der Waals surface area (Å²) in [5.74, 6) is -6.75. The Labute approximate surface area is 216 Å². The first kappa shape index (κ1) is 28.2.